The van der Waals surface area contributed by atoms with Crippen LogP contribution in [0.3, 0.4) is 0 Å². The molecule has 3 aliphatic rings. The fourth-order valence-corrected chi connectivity index (χ4v) is 8.77. The maximum absolute atomic E-state index is 13.7. The average molecular weight is 768 g/mol. The number of ether oxygens (including phenoxy) is 2. The van der Waals surface area contributed by atoms with Gasteiger partial charge in [-0.05, 0) is 109 Å². The predicted octanol–water partition coefficient (Wildman–Crippen LogP) is 9.21. The molecule has 0 bridgehead atoms. The number of carbonyl (C=O) groups is 1. The van der Waals surface area contributed by atoms with Crippen LogP contribution in [-0.2, 0) is 6.54 Å². The lowest BCUT2D eigenvalue weighted by molar-refractivity contribution is 0.0774. The highest BCUT2D eigenvalue weighted by atomic mass is 19.1. The molecule has 4 heterocycles. The number of rotatable bonds is 12. The van der Waals surface area contributed by atoms with E-state index in [1.54, 1.807) is 13.2 Å². The van der Waals surface area contributed by atoms with E-state index in [0.717, 1.165) is 111 Å². The first-order chi connectivity index (χ1) is 27.9. The fourth-order valence-electron chi connectivity index (χ4n) is 8.77. The van der Waals surface area contributed by atoms with Gasteiger partial charge in [0.1, 0.15) is 11.6 Å². The third-order valence-electron chi connectivity index (χ3n) is 11.9. The van der Waals surface area contributed by atoms with Crippen LogP contribution in [0.1, 0.15) is 36.0 Å². The van der Waals surface area contributed by atoms with Gasteiger partial charge in [0, 0.05) is 79.9 Å². The minimum atomic E-state index is -0.248. The summed E-state index contributed by atoms with van der Waals surface area (Å²) in [5.74, 6) is 0.702. The van der Waals surface area contributed by atoms with Gasteiger partial charge >= 0.3 is 0 Å². The summed E-state index contributed by atoms with van der Waals surface area (Å²) >= 11 is 0. The van der Waals surface area contributed by atoms with Crippen molar-refractivity contribution in [1.29, 1.82) is 0 Å². The molecule has 6 aromatic rings. The Morgan fingerprint density at radius 1 is 0.667 bits per heavy atom. The van der Waals surface area contributed by atoms with E-state index < -0.39 is 0 Å². The van der Waals surface area contributed by atoms with E-state index in [1.165, 1.54) is 35.3 Å². The molecule has 0 N–H and O–H groups in total. The first-order valence-electron chi connectivity index (χ1n) is 20.1. The van der Waals surface area contributed by atoms with Crippen LogP contribution in [0.25, 0.3) is 44.1 Å². The number of hydrogen-bond donors (Lipinski definition) is 0. The molecule has 2 saturated heterocycles. The second-order valence-corrected chi connectivity index (χ2v) is 15.4. The topological polar surface area (TPSA) is 62.5 Å². The van der Waals surface area contributed by atoms with Gasteiger partial charge in [-0.2, -0.15) is 0 Å². The van der Waals surface area contributed by atoms with Gasteiger partial charge in [0.2, 0.25) is 0 Å². The van der Waals surface area contributed by atoms with Crippen molar-refractivity contribution < 1.29 is 23.0 Å². The van der Waals surface area contributed by atoms with Crippen LogP contribution in [0.4, 0.5) is 14.5 Å². The number of methoxy groups -OCH3 is 1. The fraction of sp³-hybridized carbons (Fsp3) is 0.319. The number of carbonyl (C=O) groups excluding carboxylic acids is 1. The van der Waals surface area contributed by atoms with Crippen LogP contribution in [0, 0.1) is 11.6 Å². The predicted molar refractivity (Wildman–Crippen MR) is 223 cm³/mol. The first kappa shape index (κ1) is 37.0. The van der Waals surface area contributed by atoms with E-state index in [2.05, 4.69) is 55.8 Å². The molecule has 57 heavy (non-hydrogen) atoms. The lowest BCUT2D eigenvalue weighted by Crippen LogP contribution is -2.47. The highest BCUT2D eigenvalue weighted by Crippen LogP contribution is 2.39. The standard InChI is InChI=1S/C47H47F2N5O3/c1-56-45-29-41-42(50-31-38-5-2-20-53(38)47(41)55)30-46(45)57-26-4-19-52-24-22-51(23-25-52)18-3-21-54-43-16-10-34(32-6-12-36(48)13-7-32)27-39(43)40-28-35(11-17-44(40)54)33-8-14-37(49)15-9-33/h6-17,27-31,38H,2-5,18-26H2,1H3/t38-/m0/s1. The van der Waals surface area contributed by atoms with Crippen molar-refractivity contribution in [1.82, 2.24) is 19.3 Å². The highest BCUT2D eigenvalue weighted by molar-refractivity contribution is 6.10. The number of aryl methyl sites for hydroxylation is 1. The van der Waals surface area contributed by atoms with Gasteiger partial charge in [-0.15, -0.1) is 0 Å². The van der Waals surface area contributed by atoms with Gasteiger partial charge in [0.15, 0.2) is 11.5 Å². The Morgan fingerprint density at radius 2 is 1.25 bits per heavy atom. The minimum absolute atomic E-state index is 0.0110. The lowest BCUT2D eigenvalue weighted by atomic mass is 10.0. The van der Waals surface area contributed by atoms with Crippen molar-refractivity contribution in [2.45, 2.75) is 38.3 Å². The molecule has 1 amide bonds. The molecule has 8 nitrogen and oxygen atoms in total. The summed E-state index contributed by atoms with van der Waals surface area (Å²) in [6.45, 7) is 8.26. The summed E-state index contributed by atoms with van der Waals surface area (Å²) in [6, 6.07) is 30.0. The van der Waals surface area contributed by atoms with Gasteiger partial charge in [-0.3, -0.25) is 9.79 Å². The zero-order valence-corrected chi connectivity index (χ0v) is 32.3. The van der Waals surface area contributed by atoms with E-state index >= 15 is 0 Å². The molecule has 5 aromatic carbocycles. The number of aromatic nitrogens is 1. The van der Waals surface area contributed by atoms with Crippen LogP contribution < -0.4 is 9.47 Å². The largest absolute Gasteiger partial charge is 0.493 e. The molecule has 2 fully saturated rings. The van der Waals surface area contributed by atoms with Gasteiger partial charge in [0.25, 0.3) is 5.91 Å². The number of aliphatic imine (C=N–C) groups is 1. The molecule has 0 unspecified atom stereocenters. The molecule has 292 valence electrons. The Labute approximate surface area is 331 Å². The number of benzene rings is 5. The summed E-state index contributed by atoms with van der Waals surface area (Å²) in [4.78, 5) is 24.8. The van der Waals surface area contributed by atoms with E-state index in [1.807, 2.05) is 41.4 Å². The maximum atomic E-state index is 13.7. The van der Waals surface area contributed by atoms with Crippen molar-refractivity contribution in [2.24, 2.45) is 4.99 Å². The minimum Gasteiger partial charge on any atom is -0.493 e. The third-order valence-corrected chi connectivity index (χ3v) is 11.9. The third kappa shape index (κ3) is 7.64. The Kier molecular flexibility index (Phi) is 10.5. The maximum Gasteiger partial charge on any atom is 0.256 e. The van der Waals surface area contributed by atoms with Crippen molar-refractivity contribution in [3.63, 3.8) is 0 Å². The molecule has 0 aliphatic carbocycles. The molecule has 0 radical (unpaired) electrons. The molecule has 1 aromatic heterocycles. The second-order valence-electron chi connectivity index (χ2n) is 15.4. The summed E-state index contributed by atoms with van der Waals surface area (Å²) in [7, 11) is 1.61. The van der Waals surface area contributed by atoms with Gasteiger partial charge in [-0.25, -0.2) is 8.78 Å². The lowest BCUT2D eigenvalue weighted by Gasteiger charge is -2.34. The Bertz CT molecular complexity index is 2330. The van der Waals surface area contributed by atoms with Gasteiger partial charge < -0.3 is 28.7 Å². The van der Waals surface area contributed by atoms with Crippen LogP contribution in [-0.4, -0.2) is 97.0 Å². The normalized spacial score (nSPS) is 17.3. The molecule has 9 rings (SSSR count). The molecule has 0 spiro atoms. The Balaban J connectivity index is 0.811. The van der Waals surface area contributed by atoms with Gasteiger partial charge in [-0.1, -0.05) is 36.4 Å². The number of amides is 1. The monoisotopic (exact) mass is 767 g/mol. The number of nitrogens with zero attached hydrogens (tertiary/aromatic N) is 5. The van der Waals surface area contributed by atoms with Gasteiger partial charge in [0.05, 0.1) is 31.0 Å². The van der Waals surface area contributed by atoms with Crippen LogP contribution in [0.5, 0.6) is 11.5 Å². The van der Waals surface area contributed by atoms with Crippen molar-refractivity contribution in [2.75, 3.05) is 59.5 Å². The first-order valence-corrected chi connectivity index (χ1v) is 20.1. The molecular formula is C47H47F2N5O3. The molecule has 10 heteroatoms. The molecular weight excluding hydrogens is 721 g/mol. The highest BCUT2D eigenvalue weighted by Gasteiger charge is 2.32. The number of hydrogen-bond acceptors (Lipinski definition) is 6. The quantitative estimate of drug-likeness (QED) is 0.116. The van der Waals surface area contributed by atoms with Crippen molar-refractivity contribution in [3.05, 3.63) is 114 Å². The SMILES string of the molecule is COc1cc2c(cc1OCCCN1CCN(CCCn3c4ccc(-c5ccc(F)cc5)cc4c4cc(-c5ccc(F)cc5)ccc43)CC1)N=C[C@@H]1CCCN1C2=O. The van der Waals surface area contributed by atoms with Crippen molar-refractivity contribution >= 4 is 39.6 Å². The zero-order valence-electron chi connectivity index (χ0n) is 32.3. The number of halogens is 2. The van der Waals surface area contributed by atoms with Crippen LogP contribution in [0.15, 0.2) is 102 Å². The summed E-state index contributed by atoms with van der Waals surface area (Å²) in [5, 5.41) is 2.30. The summed E-state index contributed by atoms with van der Waals surface area (Å²) in [5.41, 5.74) is 7.58. The number of piperazine rings is 1. The Morgan fingerprint density at radius 3 is 1.84 bits per heavy atom. The summed E-state index contributed by atoms with van der Waals surface area (Å²) < 4.78 is 41.7. The number of fused-ring (bicyclic) bond motifs is 5. The smallest absolute Gasteiger partial charge is 0.256 e. The zero-order chi connectivity index (χ0) is 38.9. The molecule has 3 aliphatic heterocycles. The molecule has 1 atom stereocenters. The molecule has 0 saturated carbocycles. The summed E-state index contributed by atoms with van der Waals surface area (Å²) in [6.07, 6.45) is 5.76. The average Bonchev–Trinajstić information content (AvgIpc) is 3.81. The van der Waals surface area contributed by atoms with E-state index in [4.69, 9.17) is 9.47 Å². The van der Waals surface area contributed by atoms with Crippen molar-refractivity contribution in [3.8, 4) is 33.8 Å². The van der Waals surface area contributed by atoms with E-state index in [0.29, 0.717) is 29.4 Å². The van der Waals surface area contributed by atoms with E-state index in [-0.39, 0.29) is 23.6 Å². The Hall–Kier alpha value is -5.58. The van der Waals surface area contributed by atoms with Crippen LogP contribution >= 0.6 is 0 Å². The van der Waals surface area contributed by atoms with E-state index in [9.17, 15) is 13.6 Å². The van der Waals surface area contributed by atoms with Crippen LogP contribution in [0.2, 0.25) is 0 Å². The second kappa shape index (κ2) is 16.1.